The van der Waals surface area contributed by atoms with Crippen molar-refractivity contribution >= 4 is 0 Å². The molecule has 2 heterocycles. The number of aromatic nitrogens is 2. The molecule has 0 amide bonds. The fourth-order valence-electron chi connectivity index (χ4n) is 2.11. The Morgan fingerprint density at radius 3 is 2.89 bits per heavy atom. The second-order valence-electron chi connectivity index (χ2n) is 4.47. The molecule has 1 aromatic rings. The van der Waals surface area contributed by atoms with Crippen molar-refractivity contribution in [1.82, 2.24) is 14.9 Å². The van der Waals surface area contributed by atoms with Crippen LogP contribution in [0.3, 0.4) is 0 Å². The normalized spacial score (nSPS) is 26.8. The monoisotopic (exact) mass is 271 g/mol. The quantitative estimate of drug-likeness (QED) is 0.498. The van der Waals surface area contributed by atoms with E-state index in [-0.39, 0.29) is 13.0 Å². The van der Waals surface area contributed by atoms with Crippen LogP contribution in [0.5, 0.6) is 0 Å². The predicted molar refractivity (Wildman–Crippen MR) is 65.7 cm³/mol. The second-order valence-corrected chi connectivity index (χ2v) is 4.47. The highest BCUT2D eigenvalue weighted by Crippen LogP contribution is 2.27. The molecule has 1 aliphatic heterocycles. The minimum Gasteiger partial charge on any atom is -0.394 e. The Hall–Kier alpha value is -1.48. The molecule has 0 aromatic carbocycles. The topological polar surface area (TPSA) is 117 Å². The maximum Gasteiger partial charge on any atom is 0.330 e. The van der Waals surface area contributed by atoms with E-state index in [4.69, 9.17) is 9.84 Å². The molecule has 19 heavy (non-hydrogen) atoms. The highest BCUT2D eigenvalue weighted by molar-refractivity contribution is 5.05. The minimum absolute atomic E-state index is 0.191. The summed E-state index contributed by atoms with van der Waals surface area (Å²) in [6.45, 7) is -0.00649. The number of ether oxygens (including phenoxy) is 1. The largest absolute Gasteiger partial charge is 0.394 e. The number of hydrogen-bond donors (Lipinski definition) is 4. The molecule has 1 aliphatic rings. The summed E-state index contributed by atoms with van der Waals surface area (Å²) in [7, 11) is 1.69. The number of aromatic amines is 1. The van der Waals surface area contributed by atoms with Gasteiger partial charge in [0.15, 0.2) is 0 Å². The fraction of sp³-hybridized carbons (Fsp3) is 0.636. The lowest BCUT2D eigenvalue weighted by atomic mass is 10.2. The van der Waals surface area contributed by atoms with Crippen LogP contribution in [-0.4, -0.2) is 45.6 Å². The van der Waals surface area contributed by atoms with Crippen molar-refractivity contribution in [3.63, 3.8) is 0 Å². The molecule has 0 aliphatic carbocycles. The molecule has 0 radical (unpaired) electrons. The van der Waals surface area contributed by atoms with Gasteiger partial charge in [-0.15, -0.1) is 0 Å². The molecular formula is C11H17N3O5. The Morgan fingerprint density at radius 1 is 1.58 bits per heavy atom. The summed E-state index contributed by atoms with van der Waals surface area (Å²) in [5.41, 5.74) is -0.652. The average Bonchev–Trinajstić information content (AvgIpc) is 2.74. The van der Waals surface area contributed by atoms with E-state index in [1.165, 1.54) is 10.8 Å². The van der Waals surface area contributed by atoms with E-state index in [2.05, 4.69) is 10.3 Å². The molecule has 8 heteroatoms. The van der Waals surface area contributed by atoms with Crippen LogP contribution in [0.25, 0.3) is 0 Å². The lowest BCUT2D eigenvalue weighted by Gasteiger charge is -2.15. The Labute approximate surface area is 108 Å². The SMILES string of the molecule is CNCc1cn([C@H]2C[C@H](O)[C@@H](CO)O2)c(=O)[nH]c1=O. The van der Waals surface area contributed by atoms with Crippen LogP contribution >= 0.6 is 0 Å². The lowest BCUT2D eigenvalue weighted by Crippen LogP contribution is -2.35. The number of aliphatic hydroxyl groups excluding tert-OH is 2. The van der Waals surface area contributed by atoms with Gasteiger partial charge in [-0.3, -0.25) is 14.3 Å². The van der Waals surface area contributed by atoms with Crippen molar-refractivity contribution in [2.45, 2.75) is 31.4 Å². The molecule has 1 fully saturated rings. The maximum absolute atomic E-state index is 11.7. The second kappa shape index (κ2) is 5.66. The Morgan fingerprint density at radius 2 is 2.32 bits per heavy atom. The molecule has 4 N–H and O–H groups in total. The molecule has 1 saturated heterocycles. The number of H-pyrrole nitrogens is 1. The third-order valence-electron chi connectivity index (χ3n) is 3.10. The van der Waals surface area contributed by atoms with Gasteiger partial charge in [-0.1, -0.05) is 0 Å². The summed E-state index contributed by atoms with van der Waals surface area (Å²) < 4.78 is 6.61. The number of nitrogens with zero attached hydrogens (tertiary/aromatic N) is 1. The number of rotatable bonds is 4. The van der Waals surface area contributed by atoms with Gasteiger partial charge in [-0.2, -0.15) is 0 Å². The van der Waals surface area contributed by atoms with Crippen LogP contribution in [-0.2, 0) is 11.3 Å². The molecule has 0 saturated carbocycles. The summed E-state index contributed by atoms with van der Waals surface area (Å²) >= 11 is 0. The van der Waals surface area contributed by atoms with Crippen molar-refractivity contribution < 1.29 is 14.9 Å². The summed E-state index contributed by atoms with van der Waals surface area (Å²) in [6.07, 6.45) is -0.629. The first-order valence-corrected chi connectivity index (χ1v) is 6.00. The highest BCUT2D eigenvalue weighted by atomic mass is 16.5. The van der Waals surface area contributed by atoms with Gasteiger partial charge in [0.1, 0.15) is 12.3 Å². The van der Waals surface area contributed by atoms with E-state index in [0.29, 0.717) is 12.1 Å². The summed E-state index contributed by atoms with van der Waals surface area (Å²) in [4.78, 5) is 25.5. The van der Waals surface area contributed by atoms with Gasteiger partial charge >= 0.3 is 5.69 Å². The van der Waals surface area contributed by atoms with Crippen LogP contribution in [0.4, 0.5) is 0 Å². The predicted octanol–water partition coefficient (Wildman–Crippen LogP) is -2.10. The Balaban J connectivity index is 2.33. The van der Waals surface area contributed by atoms with E-state index in [0.717, 1.165) is 0 Å². The molecule has 2 rings (SSSR count). The van der Waals surface area contributed by atoms with Gasteiger partial charge < -0.3 is 20.3 Å². The fourth-order valence-corrected chi connectivity index (χ4v) is 2.11. The summed E-state index contributed by atoms with van der Waals surface area (Å²) in [5, 5.41) is 21.5. The van der Waals surface area contributed by atoms with E-state index < -0.39 is 29.7 Å². The van der Waals surface area contributed by atoms with Crippen molar-refractivity contribution in [3.05, 3.63) is 32.6 Å². The molecule has 0 spiro atoms. The number of hydrogen-bond acceptors (Lipinski definition) is 6. The maximum atomic E-state index is 11.7. The molecular weight excluding hydrogens is 254 g/mol. The van der Waals surface area contributed by atoms with Gasteiger partial charge in [0.2, 0.25) is 0 Å². The van der Waals surface area contributed by atoms with Crippen LogP contribution < -0.4 is 16.6 Å². The standard InChI is InChI=1S/C11H17N3O5/c1-12-3-6-4-14(11(18)13-10(6)17)9-2-7(16)8(5-15)19-9/h4,7-9,12,15-16H,2-3,5H2,1H3,(H,13,17,18)/t7-,8+,9+/m0/s1. The summed E-state index contributed by atoms with van der Waals surface area (Å²) in [6, 6.07) is 0. The molecule has 8 nitrogen and oxygen atoms in total. The van der Waals surface area contributed by atoms with Gasteiger partial charge in [-0.25, -0.2) is 4.79 Å². The Bertz CT molecular complexity index is 552. The zero-order valence-electron chi connectivity index (χ0n) is 10.5. The van der Waals surface area contributed by atoms with Gasteiger partial charge in [0.25, 0.3) is 5.56 Å². The Kier molecular flexibility index (Phi) is 4.15. The molecule has 106 valence electrons. The van der Waals surface area contributed by atoms with Crippen molar-refractivity contribution in [1.29, 1.82) is 0 Å². The average molecular weight is 271 g/mol. The number of nitrogens with one attached hydrogen (secondary N) is 2. The minimum atomic E-state index is -0.832. The van der Waals surface area contributed by atoms with E-state index in [1.807, 2.05) is 0 Å². The van der Waals surface area contributed by atoms with Gasteiger partial charge in [-0.05, 0) is 7.05 Å². The third-order valence-corrected chi connectivity index (χ3v) is 3.10. The van der Waals surface area contributed by atoms with Crippen LogP contribution in [0.15, 0.2) is 15.8 Å². The van der Waals surface area contributed by atoms with Crippen molar-refractivity contribution in [2.75, 3.05) is 13.7 Å². The first kappa shape index (κ1) is 13.9. The highest BCUT2D eigenvalue weighted by Gasteiger charge is 2.35. The first-order valence-electron chi connectivity index (χ1n) is 6.00. The third kappa shape index (κ3) is 2.76. The van der Waals surface area contributed by atoms with Gasteiger partial charge in [0, 0.05) is 24.7 Å². The van der Waals surface area contributed by atoms with Crippen molar-refractivity contribution in [2.24, 2.45) is 0 Å². The zero-order chi connectivity index (χ0) is 14.0. The van der Waals surface area contributed by atoms with Crippen LogP contribution in [0.2, 0.25) is 0 Å². The zero-order valence-corrected chi connectivity index (χ0v) is 10.5. The molecule has 0 bridgehead atoms. The number of aliphatic hydroxyl groups is 2. The molecule has 0 unspecified atom stereocenters. The van der Waals surface area contributed by atoms with Gasteiger partial charge in [0.05, 0.1) is 12.7 Å². The van der Waals surface area contributed by atoms with Crippen LogP contribution in [0, 0.1) is 0 Å². The molecule has 3 atom stereocenters. The first-order chi connectivity index (χ1) is 9.06. The van der Waals surface area contributed by atoms with Crippen LogP contribution in [0.1, 0.15) is 18.2 Å². The molecule has 1 aromatic heterocycles. The van der Waals surface area contributed by atoms with E-state index in [1.54, 1.807) is 7.05 Å². The van der Waals surface area contributed by atoms with Crippen molar-refractivity contribution in [3.8, 4) is 0 Å². The lowest BCUT2D eigenvalue weighted by molar-refractivity contribution is -0.0460. The smallest absolute Gasteiger partial charge is 0.330 e. The summed E-state index contributed by atoms with van der Waals surface area (Å²) in [5.74, 6) is 0. The van der Waals surface area contributed by atoms with E-state index in [9.17, 15) is 14.7 Å². The van der Waals surface area contributed by atoms with E-state index >= 15 is 0 Å².